The molecule has 0 amide bonds. The molecule has 29 heavy (non-hydrogen) atoms. The Morgan fingerprint density at radius 3 is 1.90 bits per heavy atom. The summed E-state index contributed by atoms with van der Waals surface area (Å²) in [5, 5.41) is 10.5. The zero-order valence-corrected chi connectivity index (χ0v) is 15.5. The fraction of sp³-hybridized carbons (Fsp3) is 0.136. The predicted molar refractivity (Wildman–Crippen MR) is 101 cm³/mol. The molecule has 0 bridgehead atoms. The van der Waals surface area contributed by atoms with Gasteiger partial charge in [-0.25, -0.2) is 26.9 Å². The zero-order chi connectivity index (χ0) is 21.3. The van der Waals surface area contributed by atoms with E-state index in [1.807, 2.05) is 44.2 Å². The Morgan fingerprint density at radius 2 is 1.34 bits per heavy atom. The third kappa shape index (κ3) is 3.85. The summed E-state index contributed by atoms with van der Waals surface area (Å²) >= 11 is 0. The van der Waals surface area contributed by atoms with Crippen LogP contribution in [-0.4, -0.2) is 11.3 Å². The molecule has 7 heteroatoms. The number of phenolic OH excluding ortho intramolecular Hbond substituents is 1. The van der Waals surface area contributed by atoms with Crippen molar-refractivity contribution >= 4 is 11.9 Å². The Morgan fingerprint density at radius 1 is 0.793 bits per heavy atom. The maximum atomic E-state index is 13.9. The number of rotatable bonds is 4. The number of aromatic hydroxyl groups is 1. The van der Waals surface area contributed by atoms with E-state index in [-0.39, 0.29) is 17.2 Å². The Bertz CT molecular complexity index is 1070. The molecule has 0 aliphatic heterocycles. The number of hydrogen-bond donors (Lipinski definition) is 1. The Labute approximate surface area is 164 Å². The molecule has 2 nitrogen and oxygen atoms in total. The van der Waals surface area contributed by atoms with E-state index in [1.54, 1.807) is 6.07 Å². The van der Waals surface area contributed by atoms with Crippen molar-refractivity contribution in [2.24, 2.45) is 4.99 Å². The molecule has 150 valence electrons. The molecular formula is C22H16F5NO. The van der Waals surface area contributed by atoms with E-state index < -0.39 is 34.8 Å². The van der Waals surface area contributed by atoms with Crippen LogP contribution in [0.25, 0.3) is 11.1 Å². The summed E-state index contributed by atoms with van der Waals surface area (Å²) < 4.78 is 67.7. The molecule has 0 aliphatic rings. The Hall–Kier alpha value is -3.22. The van der Waals surface area contributed by atoms with E-state index in [4.69, 9.17) is 0 Å². The SMILES string of the molecule is CC(C)c1cc(-c2ccccc2)cc(C=Nc2c(F)c(F)c(F)c(F)c2F)c1O. The van der Waals surface area contributed by atoms with Gasteiger partial charge in [-0.15, -0.1) is 0 Å². The second kappa shape index (κ2) is 8.03. The fourth-order valence-electron chi connectivity index (χ4n) is 2.86. The van der Waals surface area contributed by atoms with E-state index >= 15 is 0 Å². The Kier molecular flexibility index (Phi) is 5.68. The van der Waals surface area contributed by atoms with Gasteiger partial charge >= 0.3 is 0 Å². The number of phenols is 1. The van der Waals surface area contributed by atoms with Gasteiger partial charge in [0.05, 0.1) is 0 Å². The van der Waals surface area contributed by atoms with E-state index in [0.29, 0.717) is 11.1 Å². The lowest BCUT2D eigenvalue weighted by Gasteiger charge is -2.14. The molecular weight excluding hydrogens is 389 g/mol. The molecule has 0 radical (unpaired) electrons. The standard InChI is InChI=1S/C22H16F5NO/c1-11(2)15-9-13(12-6-4-3-5-7-12)8-14(22(15)29)10-28-21-19(26)17(24)16(23)18(25)20(21)27/h3-11,29H,1-2H3. The monoisotopic (exact) mass is 405 g/mol. The van der Waals surface area contributed by atoms with Gasteiger partial charge in [0.1, 0.15) is 11.4 Å². The molecule has 0 fully saturated rings. The lowest BCUT2D eigenvalue weighted by atomic mass is 9.93. The van der Waals surface area contributed by atoms with Gasteiger partial charge in [-0.05, 0) is 34.7 Å². The number of hydrogen-bond acceptors (Lipinski definition) is 2. The van der Waals surface area contributed by atoms with Crippen LogP contribution in [-0.2, 0) is 0 Å². The van der Waals surface area contributed by atoms with E-state index in [0.717, 1.165) is 11.8 Å². The Balaban J connectivity index is 2.16. The normalized spacial score (nSPS) is 11.6. The van der Waals surface area contributed by atoms with E-state index in [1.165, 1.54) is 6.07 Å². The van der Waals surface area contributed by atoms with Gasteiger partial charge < -0.3 is 5.11 Å². The number of nitrogens with zero attached hydrogens (tertiary/aromatic N) is 1. The zero-order valence-electron chi connectivity index (χ0n) is 15.5. The molecule has 0 heterocycles. The number of aliphatic imine (C=N–C) groups is 1. The summed E-state index contributed by atoms with van der Waals surface area (Å²) in [7, 11) is 0. The first-order chi connectivity index (χ1) is 13.7. The van der Waals surface area contributed by atoms with Gasteiger partial charge in [-0.2, -0.15) is 0 Å². The average Bonchev–Trinajstić information content (AvgIpc) is 2.72. The van der Waals surface area contributed by atoms with Crippen molar-refractivity contribution < 1.29 is 27.1 Å². The summed E-state index contributed by atoms with van der Waals surface area (Å²) in [5.41, 5.74) is 0.826. The number of benzene rings is 3. The molecule has 0 saturated carbocycles. The van der Waals surface area contributed by atoms with Crippen LogP contribution < -0.4 is 0 Å². The van der Waals surface area contributed by atoms with Crippen molar-refractivity contribution in [1.82, 2.24) is 0 Å². The molecule has 0 spiro atoms. The van der Waals surface area contributed by atoms with Gasteiger partial charge in [-0.3, -0.25) is 0 Å². The highest BCUT2D eigenvalue weighted by Gasteiger charge is 2.25. The molecule has 0 atom stereocenters. The predicted octanol–water partition coefficient (Wildman–Crippen LogP) is 6.63. The second-order valence-electron chi connectivity index (χ2n) is 6.70. The molecule has 0 unspecified atom stereocenters. The van der Waals surface area contributed by atoms with Crippen LogP contribution in [0, 0.1) is 29.1 Å². The van der Waals surface area contributed by atoms with Crippen molar-refractivity contribution in [3.8, 4) is 16.9 Å². The third-order valence-corrected chi connectivity index (χ3v) is 4.42. The van der Waals surface area contributed by atoms with Crippen LogP contribution in [0.3, 0.4) is 0 Å². The lowest BCUT2D eigenvalue weighted by Crippen LogP contribution is -2.01. The highest BCUT2D eigenvalue weighted by molar-refractivity contribution is 5.89. The minimum absolute atomic E-state index is 0.0824. The van der Waals surface area contributed by atoms with Crippen LogP contribution >= 0.6 is 0 Å². The van der Waals surface area contributed by atoms with Gasteiger partial charge in [0.2, 0.25) is 5.82 Å². The van der Waals surface area contributed by atoms with Crippen molar-refractivity contribution in [3.05, 3.63) is 82.7 Å². The van der Waals surface area contributed by atoms with Crippen molar-refractivity contribution in [1.29, 1.82) is 0 Å². The molecule has 3 rings (SSSR count). The molecule has 0 aromatic heterocycles. The molecule has 1 N–H and O–H groups in total. The molecule has 3 aromatic rings. The van der Waals surface area contributed by atoms with Crippen molar-refractivity contribution in [2.75, 3.05) is 0 Å². The van der Waals surface area contributed by atoms with Crippen LogP contribution in [0.15, 0.2) is 47.5 Å². The summed E-state index contributed by atoms with van der Waals surface area (Å²) in [5.74, 6) is -10.8. The van der Waals surface area contributed by atoms with Crippen LogP contribution in [0.5, 0.6) is 5.75 Å². The minimum Gasteiger partial charge on any atom is -0.507 e. The van der Waals surface area contributed by atoms with Crippen molar-refractivity contribution in [2.45, 2.75) is 19.8 Å². The first kappa shape index (κ1) is 20.5. The average molecular weight is 405 g/mol. The minimum atomic E-state index is -2.25. The van der Waals surface area contributed by atoms with Gasteiger partial charge in [0, 0.05) is 11.8 Å². The lowest BCUT2D eigenvalue weighted by molar-refractivity contribution is 0.381. The quantitative estimate of drug-likeness (QED) is 0.225. The topological polar surface area (TPSA) is 32.6 Å². The summed E-state index contributed by atoms with van der Waals surface area (Å²) in [6.07, 6.45) is 0.881. The largest absolute Gasteiger partial charge is 0.507 e. The summed E-state index contributed by atoms with van der Waals surface area (Å²) in [6, 6.07) is 12.4. The maximum Gasteiger partial charge on any atom is 0.200 e. The molecule has 0 aliphatic carbocycles. The van der Waals surface area contributed by atoms with E-state index in [9.17, 15) is 27.1 Å². The summed E-state index contributed by atoms with van der Waals surface area (Å²) in [4.78, 5) is 3.45. The highest BCUT2D eigenvalue weighted by Crippen LogP contribution is 2.35. The van der Waals surface area contributed by atoms with Crippen LogP contribution in [0.2, 0.25) is 0 Å². The second-order valence-corrected chi connectivity index (χ2v) is 6.70. The van der Waals surface area contributed by atoms with Gasteiger partial charge in [0.15, 0.2) is 23.3 Å². The summed E-state index contributed by atoms with van der Waals surface area (Å²) in [6.45, 7) is 3.68. The first-order valence-electron chi connectivity index (χ1n) is 8.70. The molecule has 0 saturated heterocycles. The van der Waals surface area contributed by atoms with E-state index in [2.05, 4.69) is 4.99 Å². The third-order valence-electron chi connectivity index (χ3n) is 4.42. The van der Waals surface area contributed by atoms with Crippen LogP contribution in [0.1, 0.15) is 30.9 Å². The highest BCUT2D eigenvalue weighted by atomic mass is 19.2. The van der Waals surface area contributed by atoms with Gasteiger partial charge in [0.25, 0.3) is 0 Å². The van der Waals surface area contributed by atoms with Crippen LogP contribution in [0.4, 0.5) is 27.6 Å². The number of halogens is 5. The van der Waals surface area contributed by atoms with Gasteiger partial charge in [-0.1, -0.05) is 44.2 Å². The smallest absolute Gasteiger partial charge is 0.200 e. The van der Waals surface area contributed by atoms with Crippen molar-refractivity contribution in [3.63, 3.8) is 0 Å². The maximum absolute atomic E-state index is 13.9. The first-order valence-corrected chi connectivity index (χ1v) is 8.70. The molecule has 3 aromatic carbocycles. The fourth-order valence-corrected chi connectivity index (χ4v) is 2.86.